The van der Waals surface area contributed by atoms with Gasteiger partial charge in [0, 0.05) is 64.6 Å². The molecule has 0 radical (unpaired) electrons. The molecule has 2 aliphatic heterocycles. The van der Waals surface area contributed by atoms with E-state index in [0.29, 0.717) is 19.7 Å². The fourth-order valence-electron chi connectivity index (χ4n) is 4.00. The third kappa shape index (κ3) is 5.59. The van der Waals surface area contributed by atoms with Crippen LogP contribution >= 0.6 is 0 Å². The highest BCUT2D eigenvalue weighted by Gasteiger charge is 2.28. The molecule has 0 bridgehead atoms. The van der Waals surface area contributed by atoms with Gasteiger partial charge in [0.25, 0.3) is 0 Å². The average molecular weight is 403 g/mol. The van der Waals surface area contributed by atoms with Gasteiger partial charge in [0.05, 0.1) is 12.5 Å². The molecule has 8 nitrogen and oxygen atoms in total. The van der Waals surface area contributed by atoms with Crippen LogP contribution in [-0.4, -0.2) is 86.7 Å². The topological polar surface area (TPSA) is 73.3 Å². The van der Waals surface area contributed by atoms with Crippen LogP contribution in [0.3, 0.4) is 0 Å². The van der Waals surface area contributed by atoms with Crippen molar-refractivity contribution in [2.75, 3.05) is 64.9 Å². The Morgan fingerprint density at radius 3 is 2.83 bits per heavy atom. The van der Waals surface area contributed by atoms with Crippen LogP contribution in [0.25, 0.3) is 0 Å². The summed E-state index contributed by atoms with van der Waals surface area (Å²) in [4.78, 5) is 28.1. The number of aromatic nitrogens is 1. The zero-order chi connectivity index (χ0) is 20.6. The predicted octanol–water partition coefficient (Wildman–Crippen LogP) is 1.18. The Morgan fingerprint density at radius 1 is 1.31 bits per heavy atom. The molecule has 0 aromatic carbocycles. The normalized spacial score (nSPS) is 21.2. The molecule has 1 unspecified atom stereocenters. The number of piperidine rings is 1. The number of carbonyl (C=O) groups is 1. The maximum Gasteiger partial charge on any atom is 0.310 e. The fourth-order valence-corrected chi connectivity index (χ4v) is 4.00. The molecule has 1 aromatic heterocycles. The standard InChI is InChI=1S/C21H34N6O2/c1-4-29-20(28)18-8-6-10-27(16-18)21(22-2)24-15-17-7-5-9-23-19(17)26-13-11-25(3)12-14-26/h5,7,9,18H,4,6,8,10-16H2,1-3H3,(H,22,24). The van der Waals surface area contributed by atoms with E-state index in [0.717, 1.165) is 62.9 Å². The second-order valence-corrected chi connectivity index (χ2v) is 7.71. The second-order valence-electron chi connectivity index (χ2n) is 7.71. The molecule has 1 aromatic rings. The van der Waals surface area contributed by atoms with Crippen LogP contribution in [0.2, 0.25) is 0 Å². The number of anilines is 1. The largest absolute Gasteiger partial charge is 0.466 e. The van der Waals surface area contributed by atoms with Gasteiger partial charge >= 0.3 is 5.97 Å². The number of likely N-dealkylation sites (tertiary alicyclic amines) is 1. The Kier molecular flexibility index (Phi) is 7.69. The Morgan fingerprint density at radius 2 is 2.10 bits per heavy atom. The Balaban J connectivity index is 1.62. The summed E-state index contributed by atoms with van der Waals surface area (Å²) in [7, 11) is 3.95. The van der Waals surface area contributed by atoms with E-state index < -0.39 is 0 Å². The second kappa shape index (κ2) is 10.4. The van der Waals surface area contributed by atoms with E-state index in [9.17, 15) is 4.79 Å². The first-order chi connectivity index (χ1) is 14.1. The molecule has 1 atom stereocenters. The monoisotopic (exact) mass is 402 g/mol. The molecule has 3 heterocycles. The van der Waals surface area contributed by atoms with E-state index >= 15 is 0 Å². The number of nitrogens with zero attached hydrogens (tertiary/aromatic N) is 5. The van der Waals surface area contributed by atoms with Crippen LogP contribution in [-0.2, 0) is 16.1 Å². The average Bonchev–Trinajstić information content (AvgIpc) is 2.75. The van der Waals surface area contributed by atoms with Crippen LogP contribution in [0.5, 0.6) is 0 Å². The molecule has 0 saturated carbocycles. The lowest BCUT2D eigenvalue weighted by Gasteiger charge is -2.35. The fraction of sp³-hybridized carbons (Fsp3) is 0.667. The molecule has 29 heavy (non-hydrogen) atoms. The summed E-state index contributed by atoms with van der Waals surface area (Å²) in [5.74, 6) is 1.69. The molecule has 0 spiro atoms. The van der Waals surface area contributed by atoms with Crippen molar-refractivity contribution >= 4 is 17.7 Å². The lowest BCUT2D eigenvalue weighted by atomic mass is 9.98. The molecule has 1 N–H and O–H groups in total. The molecule has 2 fully saturated rings. The highest BCUT2D eigenvalue weighted by atomic mass is 16.5. The minimum Gasteiger partial charge on any atom is -0.466 e. The minimum absolute atomic E-state index is 0.0819. The number of hydrogen-bond donors (Lipinski definition) is 1. The van der Waals surface area contributed by atoms with Crippen LogP contribution in [0.15, 0.2) is 23.3 Å². The summed E-state index contributed by atoms with van der Waals surface area (Å²) in [5, 5.41) is 3.48. The third-order valence-electron chi connectivity index (χ3n) is 5.66. The van der Waals surface area contributed by atoms with Gasteiger partial charge in [0.2, 0.25) is 0 Å². The molecule has 2 aliphatic rings. The van der Waals surface area contributed by atoms with Gasteiger partial charge in [-0.15, -0.1) is 0 Å². The van der Waals surface area contributed by atoms with Crippen LogP contribution in [0.1, 0.15) is 25.3 Å². The van der Waals surface area contributed by atoms with Crippen LogP contribution in [0.4, 0.5) is 5.82 Å². The van der Waals surface area contributed by atoms with Gasteiger partial charge in [0.1, 0.15) is 5.82 Å². The lowest BCUT2D eigenvalue weighted by molar-refractivity contribution is -0.149. The number of carbonyl (C=O) groups excluding carboxylic acids is 1. The van der Waals surface area contributed by atoms with Crippen molar-refractivity contribution in [1.29, 1.82) is 0 Å². The number of rotatable bonds is 5. The number of nitrogens with one attached hydrogen (secondary N) is 1. The number of ether oxygens (including phenoxy) is 1. The first-order valence-electron chi connectivity index (χ1n) is 10.6. The lowest BCUT2D eigenvalue weighted by Crippen LogP contribution is -2.48. The zero-order valence-corrected chi connectivity index (χ0v) is 17.9. The maximum absolute atomic E-state index is 12.2. The summed E-state index contributed by atoms with van der Waals surface area (Å²) in [5.41, 5.74) is 1.16. The first kappa shape index (κ1) is 21.4. The first-order valence-corrected chi connectivity index (χ1v) is 10.6. The molecule has 8 heteroatoms. The summed E-state index contributed by atoms with van der Waals surface area (Å²) < 4.78 is 5.22. The smallest absolute Gasteiger partial charge is 0.310 e. The van der Waals surface area contributed by atoms with Gasteiger partial charge in [-0.1, -0.05) is 6.07 Å². The number of likely N-dealkylation sites (N-methyl/N-ethyl adjacent to an activating group) is 1. The van der Waals surface area contributed by atoms with Crippen LogP contribution in [0, 0.1) is 5.92 Å². The van der Waals surface area contributed by atoms with Crippen molar-refractivity contribution in [3.63, 3.8) is 0 Å². The summed E-state index contributed by atoms with van der Waals surface area (Å²) in [6, 6.07) is 4.11. The van der Waals surface area contributed by atoms with Crippen molar-refractivity contribution in [3.8, 4) is 0 Å². The SMILES string of the molecule is CCOC(=O)C1CCCN(C(=NC)NCc2cccnc2N2CCN(C)CC2)C1. The van der Waals surface area contributed by atoms with Gasteiger partial charge in [-0.3, -0.25) is 9.79 Å². The van der Waals surface area contributed by atoms with Crippen LogP contribution < -0.4 is 10.2 Å². The number of esters is 1. The van der Waals surface area contributed by atoms with E-state index in [1.165, 1.54) is 0 Å². The summed E-state index contributed by atoms with van der Waals surface area (Å²) in [6.07, 6.45) is 3.70. The predicted molar refractivity (Wildman–Crippen MR) is 115 cm³/mol. The van der Waals surface area contributed by atoms with E-state index in [4.69, 9.17) is 4.74 Å². The molecule has 160 valence electrons. The molecular weight excluding hydrogens is 368 g/mol. The Hall–Kier alpha value is -2.35. The molecular formula is C21H34N6O2. The number of aliphatic imine (C=N–C) groups is 1. The number of pyridine rings is 1. The van der Waals surface area contributed by atoms with Crippen molar-refractivity contribution in [2.45, 2.75) is 26.3 Å². The number of hydrogen-bond acceptors (Lipinski definition) is 6. The van der Waals surface area contributed by atoms with Gasteiger partial charge < -0.3 is 24.8 Å². The van der Waals surface area contributed by atoms with Crippen molar-refractivity contribution in [1.82, 2.24) is 20.1 Å². The van der Waals surface area contributed by atoms with E-state index in [-0.39, 0.29) is 11.9 Å². The highest BCUT2D eigenvalue weighted by Crippen LogP contribution is 2.20. The van der Waals surface area contributed by atoms with Gasteiger partial charge in [0.15, 0.2) is 5.96 Å². The molecule has 3 rings (SSSR count). The summed E-state index contributed by atoms with van der Waals surface area (Å²) >= 11 is 0. The number of guanidine groups is 1. The van der Waals surface area contributed by atoms with E-state index in [1.54, 1.807) is 7.05 Å². The summed E-state index contributed by atoms with van der Waals surface area (Å²) in [6.45, 7) is 8.56. The van der Waals surface area contributed by atoms with Crippen molar-refractivity contribution in [2.24, 2.45) is 10.9 Å². The Bertz CT molecular complexity index is 702. The Labute approximate surface area is 173 Å². The van der Waals surface area contributed by atoms with Gasteiger partial charge in [-0.2, -0.15) is 0 Å². The molecule has 0 amide bonds. The quantitative estimate of drug-likeness (QED) is 0.450. The zero-order valence-electron chi connectivity index (χ0n) is 17.9. The molecule has 0 aliphatic carbocycles. The van der Waals surface area contributed by atoms with Gasteiger partial charge in [-0.25, -0.2) is 4.98 Å². The van der Waals surface area contributed by atoms with E-state index in [2.05, 4.69) is 43.1 Å². The highest BCUT2D eigenvalue weighted by molar-refractivity contribution is 5.81. The third-order valence-corrected chi connectivity index (χ3v) is 5.66. The number of piperazine rings is 1. The van der Waals surface area contributed by atoms with Crippen molar-refractivity contribution in [3.05, 3.63) is 23.9 Å². The van der Waals surface area contributed by atoms with E-state index in [1.807, 2.05) is 19.2 Å². The maximum atomic E-state index is 12.2. The molecule has 2 saturated heterocycles. The minimum atomic E-state index is -0.0998. The van der Waals surface area contributed by atoms with Gasteiger partial charge in [-0.05, 0) is 32.9 Å². The van der Waals surface area contributed by atoms with Crippen molar-refractivity contribution < 1.29 is 9.53 Å².